The summed E-state index contributed by atoms with van der Waals surface area (Å²) in [7, 11) is 0. The molecule has 0 aliphatic rings. The molecule has 4 nitrogen and oxygen atoms in total. The zero-order chi connectivity index (χ0) is 13.7. The van der Waals surface area contributed by atoms with Gasteiger partial charge in [-0.25, -0.2) is 9.97 Å². The second kappa shape index (κ2) is 6.29. The topological polar surface area (TPSA) is 54.9 Å². The molecule has 0 unspecified atom stereocenters. The molecule has 0 saturated carbocycles. The highest BCUT2D eigenvalue weighted by atomic mass is 35.5. The Balaban J connectivity index is 2.12. The van der Waals surface area contributed by atoms with Crippen molar-refractivity contribution in [3.8, 4) is 11.4 Å². The number of hydrogen-bond acceptors (Lipinski definition) is 3. The van der Waals surface area contributed by atoms with Gasteiger partial charge in [0, 0.05) is 17.0 Å². The van der Waals surface area contributed by atoms with E-state index in [0.29, 0.717) is 23.0 Å². The minimum Gasteiger partial charge on any atom is -0.323 e. The van der Waals surface area contributed by atoms with Crippen molar-refractivity contribution in [1.82, 2.24) is 9.97 Å². The quantitative estimate of drug-likeness (QED) is 0.928. The number of halogens is 1. The Kier molecular flexibility index (Phi) is 4.47. The summed E-state index contributed by atoms with van der Waals surface area (Å²) in [5, 5.41) is 3.38. The lowest BCUT2D eigenvalue weighted by molar-refractivity contribution is -0.116. The summed E-state index contributed by atoms with van der Waals surface area (Å²) in [5.41, 5.74) is 1.45. The van der Waals surface area contributed by atoms with Gasteiger partial charge in [-0.15, -0.1) is 0 Å². The molecule has 2 rings (SSSR count). The lowest BCUT2D eigenvalue weighted by Gasteiger charge is -2.05. The largest absolute Gasteiger partial charge is 0.323 e. The Bertz CT molecular complexity index is 569. The first-order valence-electron chi connectivity index (χ1n) is 6.07. The van der Waals surface area contributed by atoms with Crippen LogP contribution in [0.5, 0.6) is 0 Å². The van der Waals surface area contributed by atoms with Crippen LogP contribution in [0.1, 0.15) is 19.8 Å². The number of hydrogen-bond donors (Lipinski definition) is 1. The number of carbonyl (C=O) groups excluding carboxylic acids is 1. The number of aromatic nitrogens is 2. The van der Waals surface area contributed by atoms with Gasteiger partial charge in [0.2, 0.25) is 5.91 Å². The van der Waals surface area contributed by atoms with E-state index < -0.39 is 0 Å². The molecule has 2 aromatic rings. The highest BCUT2D eigenvalue weighted by Crippen LogP contribution is 2.19. The van der Waals surface area contributed by atoms with Gasteiger partial charge in [-0.05, 0) is 18.6 Å². The maximum atomic E-state index is 11.4. The van der Waals surface area contributed by atoms with Gasteiger partial charge in [-0.2, -0.15) is 0 Å². The lowest BCUT2D eigenvalue weighted by Crippen LogP contribution is -2.11. The van der Waals surface area contributed by atoms with E-state index in [-0.39, 0.29) is 5.91 Å². The molecule has 0 aliphatic carbocycles. The van der Waals surface area contributed by atoms with Crippen LogP contribution in [0.25, 0.3) is 11.4 Å². The first kappa shape index (κ1) is 13.5. The molecule has 0 atom stereocenters. The summed E-state index contributed by atoms with van der Waals surface area (Å²) >= 11 is 5.92. The Morgan fingerprint density at radius 2 is 2.05 bits per heavy atom. The van der Waals surface area contributed by atoms with Crippen LogP contribution in [-0.2, 0) is 4.79 Å². The van der Waals surface area contributed by atoms with Crippen molar-refractivity contribution < 1.29 is 4.79 Å². The predicted octanol–water partition coefficient (Wildman–Crippen LogP) is 3.54. The van der Waals surface area contributed by atoms with Crippen LogP contribution in [-0.4, -0.2) is 15.9 Å². The zero-order valence-electron chi connectivity index (χ0n) is 10.6. The van der Waals surface area contributed by atoms with E-state index in [4.69, 9.17) is 11.6 Å². The molecule has 0 spiro atoms. The number of amides is 1. The van der Waals surface area contributed by atoms with Crippen molar-refractivity contribution in [2.45, 2.75) is 19.8 Å². The summed E-state index contributed by atoms with van der Waals surface area (Å²) in [6.45, 7) is 1.96. The third-order valence-electron chi connectivity index (χ3n) is 2.50. The van der Waals surface area contributed by atoms with Crippen LogP contribution in [0.2, 0.25) is 5.02 Å². The third-order valence-corrected chi connectivity index (χ3v) is 2.73. The van der Waals surface area contributed by atoms with Crippen molar-refractivity contribution in [1.29, 1.82) is 0 Å². The van der Waals surface area contributed by atoms with Crippen molar-refractivity contribution >= 4 is 23.2 Å². The Hall–Kier alpha value is -1.94. The highest BCUT2D eigenvalue weighted by molar-refractivity contribution is 6.30. The summed E-state index contributed by atoms with van der Waals surface area (Å²) in [5.74, 6) is 0.553. The standard InChI is InChI=1S/C14H14ClN3O/c1-2-4-13(19)18-12-8-16-14(17-9-12)10-5-3-6-11(15)7-10/h3,5-9H,2,4H2,1H3,(H,18,19). The molecule has 19 heavy (non-hydrogen) atoms. The average Bonchev–Trinajstić information content (AvgIpc) is 2.40. The van der Waals surface area contributed by atoms with Crippen LogP contribution in [0.3, 0.4) is 0 Å². The van der Waals surface area contributed by atoms with Crippen LogP contribution < -0.4 is 5.32 Å². The van der Waals surface area contributed by atoms with Gasteiger partial charge in [0.25, 0.3) is 0 Å². The van der Waals surface area contributed by atoms with E-state index in [0.717, 1.165) is 12.0 Å². The summed E-state index contributed by atoms with van der Waals surface area (Å²) < 4.78 is 0. The molecule has 0 fully saturated rings. The van der Waals surface area contributed by atoms with E-state index in [2.05, 4.69) is 15.3 Å². The van der Waals surface area contributed by atoms with E-state index in [1.807, 2.05) is 19.1 Å². The smallest absolute Gasteiger partial charge is 0.224 e. The molecule has 0 saturated heterocycles. The maximum Gasteiger partial charge on any atom is 0.224 e. The Morgan fingerprint density at radius 1 is 1.32 bits per heavy atom. The number of nitrogens with zero attached hydrogens (tertiary/aromatic N) is 2. The van der Waals surface area contributed by atoms with Crippen molar-refractivity contribution in [3.63, 3.8) is 0 Å². The lowest BCUT2D eigenvalue weighted by atomic mass is 10.2. The predicted molar refractivity (Wildman–Crippen MR) is 76.0 cm³/mol. The maximum absolute atomic E-state index is 11.4. The van der Waals surface area contributed by atoms with Gasteiger partial charge in [0.05, 0.1) is 18.1 Å². The van der Waals surface area contributed by atoms with Gasteiger partial charge in [-0.1, -0.05) is 30.7 Å². The summed E-state index contributed by atoms with van der Waals surface area (Å²) in [6, 6.07) is 7.32. The summed E-state index contributed by atoms with van der Waals surface area (Å²) in [4.78, 5) is 19.9. The minimum absolute atomic E-state index is 0.0263. The molecule has 98 valence electrons. The fourth-order valence-corrected chi connectivity index (χ4v) is 1.81. The van der Waals surface area contributed by atoms with Crippen molar-refractivity contribution in [3.05, 3.63) is 41.7 Å². The van der Waals surface area contributed by atoms with Crippen LogP contribution in [0, 0.1) is 0 Å². The van der Waals surface area contributed by atoms with Gasteiger partial charge in [-0.3, -0.25) is 4.79 Å². The van der Waals surface area contributed by atoms with Gasteiger partial charge < -0.3 is 5.32 Å². The molecular formula is C14H14ClN3O. The van der Waals surface area contributed by atoms with Gasteiger partial charge in [0.1, 0.15) is 0 Å². The first-order chi connectivity index (χ1) is 9.19. The SMILES string of the molecule is CCCC(=O)Nc1cnc(-c2cccc(Cl)c2)nc1. The second-order valence-corrected chi connectivity index (χ2v) is 4.54. The molecular weight excluding hydrogens is 262 g/mol. The molecule has 0 aliphatic heterocycles. The van der Waals surface area contributed by atoms with Crippen molar-refractivity contribution in [2.24, 2.45) is 0 Å². The van der Waals surface area contributed by atoms with E-state index in [9.17, 15) is 4.79 Å². The molecule has 1 aromatic heterocycles. The monoisotopic (exact) mass is 275 g/mol. The first-order valence-corrected chi connectivity index (χ1v) is 6.44. The Labute approximate surface area is 116 Å². The highest BCUT2D eigenvalue weighted by Gasteiger charge is 2.04. The van der Waals surface area contributed by atoms with Crippen LogP contribution in [0.4, 0.5) is 5.69 Å². The molecule has 0 radical (unpaired) electrons. The normalized spacial score (nSPS) is 10.2. The number of anilines is 1. The number of carbonyl (C=O) groups is 1. The van der Waals surface area contributed by atoms with Crippen LogP contribution in [0.15, 0.2) is 36.7 Å². The molecule has 1 aromatic carbocycles. The minimum atomic E-state index is -0.0263. The number of rotatable bonds is 4. The number of nitrogens with one attached hydrogen (secondary N) is 1. The van der Waals surface area contributed by atoms with E-state index in [1.54, 1.807) is 24.5 Å². The van der Waals surface area contributed by atoms with E-state index in [1.165, 1.54) is 0 Å². The van der Waals surface area contributed by atoms with Gasteiger partial charge >= 0.3 is 0 Å². The molecule has 5 heteroatoms. The fraction of sp³-hybridized carbons (Fsp3) is 0.214. The van der Waals surface area contributed by atoms with Crippen LogP contribution >= 0.6 is 11.6 Å². The summed E-state index contributed by atoms with van der Waals surface area (Å²) in [6.07, 6.45) is 4.50. The zero-order valence-corrected chi connectivity index (χ0v) is 11.3. The number of benzene rings is 1. The van der Waals surface area contributed by atoms with E-state index >= 15 is 0 Å². The molecule has 0 bridgehead atoms. The Morgan fingerprint density at radius 3 is 2.68 bits per heavy atom. The molecule has 1 heterocycles. The van der Waals surface area contributed by atoms with Crippen molar-refractivity contribution in [2.75, 3.05) is 5.32 Å². The molecule has 1 N–H and O–H groups in total. The second-order valence-electron chi connectivity index (χ2n) is 4.10. The third kappa shape index (κ3) is 3.76. The van der Waals surface area contributed by atoms with Gasteiger partial charge in [0.15, 0.2) is 5.82 Å². The molecule has 1 amide bonds. The fourth-order valence-electron chi connectivity index (χ4n) is 1.62. The average molecular weight is 276 g/mol.